The van der Waals surface area contributed by atoms with Crippen molar-refractivity contribution in [2.75, 3.05) is 17.7 Å². The molecule has 0 amide bonds. The van der Waals surface area contributed by atoms with E-state index in [0.717, 1.165) is 0 Å². The molecule has 0 saturated carbocycles. The molecular formula is C11H12FN3S. The van der Waals surface area contributed by atoms with Crippen LogP contribution in [0.1, 0.15) is 6.92 Å². The number of aliphatic imine (C=N–C) groups is 1. The van der Waals surface area contributed by atoms with Crippen LogP contribution in [-0.2, 0) is 0 Å². The van der Waals surface area contributed by atoms with Crippen molar-refractivity contribution in [2.24, 2.45) is 4.99 Å². The molecule has 0 radical (unpaired) electrons. The lowest BCUT2D eigenvalue weighted by Crippen LogP contribution is -2.28. The van der Waals surface area contributed by atoms with Crippen LogP contribution >= 0.6 is 11.8 Å². The molecule has 84 valence electrons. The van der Waals surface area contributed by atoms with Gasteiger partial charge in [0, 0.05) is 12.2 Å². The number of nitrogens with zero attached hydrogens (tertiary/aromatic N) is 3. The fourth-order valence-corrected chi connectivity index (χ4v) is 1.92. The van der Waals surface area contributed by atoms with E-state index in [-0.39, 0.29) is 5.82 Å². The van der Waals surface area contributed by atoms with E-state index in [0.29, 0.717) is 17.4 Å². The summed E-state index contributed by atoms with van der Waals surface area (Å²) in [6.45, 7) is 2.55. The average molecular weight is 237 g/mol. The zero-order valence-corrected chi connectivity index (χ0v) is 9.96. The smallest absolute Gasteiger partial charge is 0.208 e. The Kier molecular flexibility index (Phi) is 4.80. The molecule has 1 aromatic rings. The zero-order chi connectivity index (χ0) is 12.0. The molecule has 0 aliphatic heterocycles. The number of hydrogen-bond donors (Lipinski definition) is 0. The number of thioether (sulfide) groups is 1. The van der Waals surface area contributed by atoms with E-state index in [1.807, 2.05) is 13.2 Å². The molecule has 1 rings (SSSR count). The quantitative estimate of drug-likeness (QED) is 0.451. The zero-order valence-electron chi connectivity index (χ0n) is 9.14. The number of nitriles is 1. The molecule has 0 aromatic heterocycles. The van der Waals surface area contributed by atoms with E-state index in [9.17, 15) is 4.39 Å². The summed E-state index contributed by atoms with van der Waals surface area (Å²) in [5.74, 6) is -0.298. The fraction of sp³-hybridized carbons (Fsp3) is 0.273. The van der Waals surface area contributed by atoms with Gasteiger partial charge in [0.15, 0.2) is 5.17 Å². The lowest BCUT2D eigenvalue weighted by molar-refractivity contribution is 0.628. The van der Waals surface area contributed by atoms with Gasteiger partial charge in [0.2, 0.25) is 6.19 Å². The Balaban J connectivity index is 3.07. The van der Waals surface area contributed by atoms with Gasteiger partial charge in [-0.25, -0.2) is 4.39 Å². The first-order valence-corrected chi connectivity index (χ1v) is 5.99. The van der Waals surface area contributed by atoms with Crippen LogP contribution in [-0.4, -0.2) is 18.0 Å². The van der Waals surface area contributed by atoms with Crippen LogP contribution in [0, 0.1) is 17.3 Å². The van der Waals surface area contributed by atoms with Gasteiger partial charge in [-0.05, 0) is 31.4 Å². The predicted molar refractivity (Wildman–Crippen MR) is 66.0 cm³/mol. The summed E-state index contributed by atoms with van der Waals surface area (Å²) in [5.41, 5.74) is 0.700. The molecule has 1 aromatic carbocycles. The summed E-state index contributed by atoms with van der Waals surface area (Å²) in [6.07, 6.45) is 3.58. The van der Waals surface area contributed by atoms with Gasteiger partial charge in [-0.15, -0.1) is 4.99 Å². The minimum atomic E-state index is -0.298. The Hall–Kier alpha value is -1.54. The molecule has 0 aliphatic rings. The maximum atomic E-state index is 13.1. The second-order valence-corrected chi connectivity index (χ2v) is 3.70. The van der Waals surface area contributed by atoms with Crippen LogP contribution < -0.4 is 4.90 Å². The number of benzene rings is 1. The van der Waals surface area contributed by atoms with E-state index in [1.165, 1.54) is 23.9 Å². The van der Waals surface area contributed by atoms with Crippen LogP contribution in [0.5, 0.6) is 0 Å². The summed E-state index contributed by atoms with van der Waals surface area (Å²) in [7, 11) is 0. The molecule has 3 nitrogen and oxygen atoms in total. The number of hydrogen-bond acceptors (Lipinski definition) is 3. The topological polar surface area (TPSA) is 39.4 Å². The van der Waals surface area contributed by atoms with Gasteiger partial charge < -0.3 is 4.90 Å². The third kappa shape index (κ3) is 2.97. The summed E-state index contributed by atoms with van der Waals surface area (Å²) in [4.78, 5) is 5.50. The molecule has 0 N–H and O–H groups in total. The van der Waals surface area contributed by atoms with Gasteiger partial charge in [0.25, 0.3) is 0 Å². The molecule has 0 fully saturated rings. The molecule has 0 atom stereocenters. The van der Waals surface area contributed by atoms with Crippen molar-refractivity contribution in [3.63, 3.8) is 0 Å². The van der Waals surface area contributed by atoms with Crippen molar-refractivity contribution in [1.29, 1.82) is 5.26 Å². The van der Waals surface area contributed by atoms with Crippen LogP contribution in [0.3, 0.4) is 0 Å². The van der Waals surface area contributed by atoms with E-state index in [1.54, 1.807) is 23.2 Å². The van der Waals surface area contributed by atoms with Gasteiger partial charge in [0.1, 0.15) is 5.82 Å². The molecular weight excluding hydrogens is 225 g/mol. The number of rotatable bonds is 2. The maximum absolute atomic E-state index is 13.1. The van der Waals surface area contributed by atoms with Crippen molar-refractivity contribution < 1.29 is 4.39 Å². The third-order valence-corrected chi connectivity index (χ3v) is 2.67. The minimum Gasteiger partial charge on any atom is -0.320 e. The Morgan fingerprint density at radius 1 is 1.62 bits per heavy atom. The van der Waals surface area contributed by atoms with Crippen molar-refractivity contribution >= 4 is 22.6 Å². The molecule has 0 unspecified atom stereocenters. The highest BCUT2D eigenvalue weighted by Gasteiger charge is 2.11. The van der Waals surface area contributed by atoms with Gasteiger partial charge in [-0.1, -0.05) is 17.8 Å². The highest BCUT2D eigenvalue weighted by molar-refractivity contribution is 8.13. The van der Waals surface area contributed by atoms with E-state index < -0.39 is 0 Å². The molecule has 5 heteroatoms. The highest BCUT2D eigenvalue weighted by Crippen LogP contribution is 2.19. The summed E-state index contributed by atoms with van der Waals surface area (Å²) >= 11 is 1.36. The van der Waals surface area contributed by atoms with E-state index in [2.05, 4.69) is 4.99 Å². The number of anilines is 1. The van der Waals surface area contributed by atoms with Gasteiger partial charge in [-0.3, -0.25) is 0 Å². The molecule has 0 bridgehead atoms. The van der Waals surface area contributed by atoms with Crippen molar-refractivity contribution in [1.82, 2.24) is 0 Å². The van der Waals surface area contributed by atoms with Gasteiger partial charge in [0.05, 0.1) is 0 Å². The average Bonchev–Trinajstić information content (AvgIpc) is 2.29. The van der Waals surface area contributed by atoms with Crippen LogP contribution in [0.15, 0.2) is 29.3 Å². The molecule has 0 saturated heterocycles. The SMILES string of the molecule is CCN(C(=NC#N)SC)c1cccc(F)c1. The molecule has 0 spiro atoms. The Morgan fingerprint density at radius 3 is 2.88 bits per heavy atom. The summed E-state index contributed by atoms with van der Waals surface area (Å²) in [6, 6.07) is 6.23. The number of amidine groups is 1. The predicted octanol–water partition coefficient (Wildman–Crippen LogP) is 2.85. The van der Waals surface area contributed by atoms with E-state index >= 15 is 0 Å². The summed E-state index contributed by atoms with van der Waals surface area (Å²) in [5, 5.41) is 9.13. The van der Waals surface area contributed by atoms with Crippen LogP contribution in [0.4, 0.5) is 10.1 Å². The lowest BCUT2D eigenvalue weighted by Gasteiger charge is -2.22. The Labute approximate surface area is 98.6 Å². The highest BCUT2D eigenvalue weighted by atomic mass is 32.2. The van der Waals surface area contributed by atoms with Crippen molar-refractivity contribution in [3.05, 3.63) is 30.1 Å². The first kappa shape index (κ1) is 12.5. The standard InChI is InChI=1S/C11H12FN3S/c1-3-15(11(16-2)14-8-13)10-6-4-5-9(12)7-10/h4-7H,3H2,1-2H3. The first-order chi connectivity index (χ1) is 7.72. The molecule has 16 heavy (non-hydrogen) atoms. The second-order valence-electron chi connectivity index (χ2n) is 2.92. The van der Waals surface area contributed by atoms with E-state index in [4.69, 9.17) is 5.26 Å². The van der Waals surface area contributed by atoms with Gasteiger partial charge >= 0.3 is 0 Å². The number of halogens is 1. The molecule has 0 heterocycles. The Bertz CT molecular complexity index is 425. The monoisotopic (exact) mass is 237 g/mol. The van der Waals surface area contributed by atoms with Crippen molar-refractivity contribution in [3.8, 4) is 6.19 Å². The van der Waals surface area contributed by atoms with Gasteiger partial charge in [-0.2, -0.15) is 5.26 Å². The van der Waals surface area contributed by atoms with Crippen LogP contribution in [0.25, 0.3) is 0 Å². The fourth-order valence-electron chi connectivity index (χ4n) is 1.33. The van der Waals surface area contributed by atoms with Crippen molar-refractivity contribution in [2.45, 2.75) is 6.92 Å². The minimum absolute atomic E-state index is 0.298. The van der Waals surface area contributed by atoms with Crippen LogP contribution in [0.2, 0.25) is 0 Å². The summed E-state index contributed by atoms with van der Waals surface area (Å²) < 4.78 is 13.1. The largest absolute Gasteiger partial charge is 0.320 e. The lowest BCUT2D eigenvalue weighted by atomic mass is 10.3. The normalized spacial score (nSPS) is 11.0. The second kappa shape index (κ2) is 6.13. The Morgan fingerprint density at radius 2 is 2.38 bits per heavy atom. The maximum Gasteiger partial charge on any atom is 0.208 e. The third-order valence-electron chi connectivity index (χ3n) is 2.00. The first-order valence-electron chi connectivity index (χ1n) is 4.76. The molecule has 0 aliphatic carbocycles.